The zero-order valence-corrected chi connectivity index (χ0v) is 12.9. The first kappa shape index (κ1) is 13.4. The largest absolute Gasteiger partial charge is 0.360 e. The summed E-state index contributed by atoms with van der Waals surface area (Å²) in [5, 5.41) is 15.3. The van der Waals surface area contributed by atoms with Crippen LogP contribution >= 0.6 is 23.1 Å². The molecule has 0 radical (unpaired) electrons. The lowest BCUT2D eigenvalue weighted by atomic mass is 10.3. The molecule has 3 aromatic rings. The highest BCUT2D eigenvalue weighted by atomic mass is 32.2. The van der Waals surface area contributed by atoms with Crippen molar-refractivity contribution in [2.24, 2.45) is 7.05 Å². The van der Waals surface area contributed by atoms with Gasteiger partial charge < -0.3 is 9.09 Å². The third kappa shape index (κ3) is 2.94. The molecule has 3 rings (SSSR count). The number of aromatic nitrogens is 4. The van der Waals surface area contributed by atoms with Gasteiger partial charge in [-0.05, 0) is 18.4 Å². The van der Waals surface area contributed by atoms with Gasteiger partial charge in [0.25, 0.3) is 0 Å². The van der Waals surface area contributed by atoms with E-state index >= 15 is 0 Å². The fourth-order valence-corrected chi connectivity index (χ4v) is 3.32. The van der Waals surface area contributed by atoms with Gasteiger partial charge in [0.15, 0.2) is 5.16 Å². The molecule has 0 atom stereocenters. The fraction of sp³-hybridized carbons (Fsp3) is 0.308. The monoisotopic (exact) mass is 306 g/mol. The van der Waals surface area contributed by atoms with E-state index in [0.717, 1.165) is 28.9 Å². The summed E-state index contributed by atoms with van der Waals surface area (Å²) < 4.78 is 7.23. The first-order chi connectivity index (χ1) is 9.72. The van der Waals surface area contributed by atoms with Crippen molar-refractivity contribution in [2.45, 2.75) is 24.3 Å². The standard InChI is InChI=1S/C13H14N4OS2/c1-9-6-10(18-16-9)8-20-13-15-14-12(17(13)2)7-11-4-3-5-19-11/h3-6H,7-8H2,1-2H3. The summed E-state index contributed by atoms with van der Waals surface area (Å²) in [6.07, 6.45) is 0.823. The van der Waals surface area contributed by atoms with Gasteiger partial charge in [0.2, 0.25) is 0 Å². The van der Waals surface area contributed by atoms with Crippen LogP contribution in [0.1, 0.15) is 22.2 Å². The molecule has 0 N–H and O–H groups in total. The van der Waals surface area contributed by atoms with Crippen molar-refractivity contribution in [1.29, 1.82) is 0 Å². The van der Waals surface area contributed by atoms with Crippen LogP contribution in [0, 0.1) is 6.92 Å². The number of nitrogens with zero attached hydrogens (tertiary/aromatic N) is 4. The Morgan fingerprint density at radius 3 is 3.00 bits per heavy atom. The molecular weight excluding hydrogens is 292 g/mol. The van der Waals surface area contributed by atoms with Crippen molar-refractivity contribution >= 4 is 23.1 Å². The second-order valence-electron chi connectivity index (χ2n) is 4.44. The van der Waals surface area contributed by atoms with E-state index in [4.69, 9.17) is 4.52 Å². The number of thiophene rings is 1. The van der Waals surface area contributed by atoms with Gasteiger partial charge in [0.05, 0.1) is 11.4 Å². The Labute approximate surface area is 125 Å². The van der Waals surface area contributed by atoms with Crippen molar-refractivity contribution < 1.29 is 4.52 Å². The summed E-state index contributed by atoms with van der Waals surface area (Å²) in [5.41, 5.74) is 0.900. The number of thioether (sulfide) groups is 1. The Morgan fingerprint density at radius 2 is 2.30 bits per heavy atom. The molecule has 0 aliphatic heterocycles. The summed E-state index contributed by atoms with van der Waals surface area (Å²) in [5.74, 6) is 2.55. The van der Waals surface area contributed by atoms with Gasteiger partial charge in [0, 0.05) is 24.4 Å². The average Bonchev–Trinajstić information content (AvgIpc) is 3.14. The van der Waals surface area contributed by atoms with E-state index in [0.29, 0.717) is 5.75 Å². The maximum Gasteiger partial charge on any atom is 0.191 e. The molecule has 3 aromatic heterocycles. The van der Waals surface area contributed by atoms with Crippen molar-refractivity contribution in [1.82, 2.24) is 19.9 Å². The zero-order chi connectivity index (χ0) is 13.9. The molecular formula is C13H14N4OS2. The first-order valence-electron chi connectivity index (χ1n) is 6.18. The minimum Gasteiger partial charge on any atom is -0.360 e. The Bertz CT molecular complexity index is 687. The fourth-order valence-electron chi connectivity index (χ4n) is 1.81. The molecule has 0 unspecified atom stereocenters. The second-order valence-corrected chi connectivity index (χ2v) is 6.41. The van der Waals surface area contributed by atoms with Crippen molar-refractivity contribution in [3.05, 3.63) is 45.7 Å². The van der Waals surface area contributed by atoms with Gasteiger partial charge in [-0.3, -0.25) is 0 Å². The van der Waals surface area contributed by atoms with E-state index in [1.807, 2.05) is 24.6 Å². The van der Waals surface area contributed by atoms with Crippen molar-refractivity contribution in [3.8, 4) is 0 Å². The van der Waals surface area contributed by atoms with Crippen LogP contribution in [0.15, 0.2) is 33.3 Å². The maximum atomic E-state index is 5.19. The molecule has 0 aliphatic rings. The van der Waals surface area contributed by atoms with Crippen LogP contribution in [-0.2, 0) is 19.2 Å². The molecule has 3 heterocycles. The van der Waals surface area contributed by atoms with Crippen LogP contribution in [0.5, 0.6) is 0 Å². The third-order valence-electron chi connectivity index (χ3n) is 2.86. The lowest BCUT2D eigenvalue weighted by Gasteiger charge is -2.01. The quantitative estimate of drug-likeness (QED) is 0.678. The van der Waals surface area contributed by atoms with Crippen molar-refractivity contribution in [3.63, 3.8) is 0 Å². The van der Waals surface area contributed by atoms with Gasteiger partial charge >= 0.3 is 0 Å². The highest BCUT2D eigenvalue weighted by molar-refractivity contribution is 7.98. The third-order valence-corrected chi connectivity index (χ3v) is 4.78. The molecule has 0 saturated heterocycles. The van der Waals surface area contributed by atoms with Crippen LogP contribution in [0.2, 0.25) is 0 Å². The molecule has 0 spiro atoms. The van der Waals surface area contributed by atoms with E-state index in [-0.39, 0.29) is 0 Å². The molecule has 7 heteroatoms. The van der Waals surface area contributed by atoms with E-state index < -0.39 is 0 Å². The van der Waals surface area contributed by atoms with Crippen LogP contribution in [0.25, 0.3) is 0 Å². The summed E-state index contributed by atoms with van der Waals surface area (Å²) in [7, 11) is 2.00. The normalized spacial score (nSPS) is 11.1. The van der Waals surface area contributed by atoms with Gasteiger partial charge in [-0.1, -0.05) is 23.0 Å². The smallest absolute Gasteiger partial charge is 0.191 e. The zero-order valence-electron chi connectivity index (χ0n) is 11.2. The lowest BCUT2D eigenvalue weighted by molar-refractivity contribution is 0.391. The molecule has 20 heavy (non-hydrogen) atoms. The van der Waals surface area contributed by atoms with Crippen LogP contribution in [0.4, 0.5) is 0 Å². The predicted molar refractivity (Wildman–Crippen MR) is 78.9 cm³/mol. The summed E-state index contributed by atoms with van der Waals surface area (Å²) in [6, 6.07) is 6.11. The van der Waals surface area contributed by atoms with Crippen LogP contribution < -0.4 is 0 Å². The van der Waals surface area contributed by atoms with Crippen molar-refractivity contribution in [2.75, 3.05) is 0 Å². The Morgan fingerprint density at radius 1 is 1.40 bits per heavy atom. The molecule has 104 valence electrons. The summed E-state index contributed by atoms with van der Waals surface area (Å²) >= 11 is 3.34. The Kier molecular flexibility index (Phi) is 3.88. The van der Waals surface area contributed by atoms with Gasteiger partial charge in [-0.15, -0.1) is 21.5 Å². The maximum absolute atomic E-state index is 5.19. The Hall–Kier alpha value is -1.60. The second kappa shape index (κ2) is 5.80. The summed E-state index contributed by atoms with van der Waals surface area (Å²) in [4.78, 5) is 1.29. The van der Waals surface area contributed by atoms with E-state index in [2.05, 4.69) is 32.9 Å². The Balaban J connectivity index is 1.67. The number of hydrogen-bond acceptors (Lipinski definition) is 6. The average molecular weight is 306 g/mol. The highest BCUT2D eigenvalue weighted by Crippen LogP contribution is 2.22. The van der Waals surface area contributed by atoms with Gasteiger partial charge in [0.1, 0.15) is 11.6 Å². The van der Waals surface area contributed by atoms with Gasteiger partial charge in [-0.2, -0.15) is 0 Å². The predicted octanol–water partition coefficient (Wildman–Crippen LogP) is 3.06. The van der Waals surface area contributed by atoms with Crippen LogP contribution in [0.3, 0.4) is 0 Å². The van der Waals surface area contributed by atoms with E-state index in [1.54, 1.807) is 23.1 Å². The number of rotatable bonds is 5. The SMILES string of the molecule is Cc1cc(CSc2nnc(Cc3cccs3)n2C)on1. The minimum absolute atomic E-state index is 0.714. The van der Waals surface area contributed by atoms with E-state index in [1.165, 1.54) is 4.88 Å². The molecule has 5 nitrogen and oxygen atoms in total. The van der Waals surface area contributed by atoms with Crippen LogP contribution in [-0.4, -0.2) is 19.9 Å². The molecule has 0 saturated carbocycles. The number of hydrogen-bond donors (Lipinski definition) is 0. The molecule has 0 bridgehead atoms. The lowest BCUT2D eigenvalue weighted by Crippen LogP contribution is -1.99. The van der Waals surface area contributed by atoms with Gasteiger partial charge in [-0.25, -0.2) is 0 Å². The molecule has 0 aromatic carbocycles. The first-order valence-corrected chi connectivity index (χ1v) is 8.04. The number of aryl methyl sites for hydroxylation is 1. The topological polar surface area (TPSA) is 56.7 Å². The molecule has 0 amide bonds. The highest BCUT2D eigenvalue weighted by Gasteiger charge is 2.11. The molecule has 0 fully saturated rings. The molecule has 0 aliphatic carbocycles. The van der Waals surface area contributed by atoms with E-state index in [9.17, 15) is 0 Å². The summed E-state index contributed by atoms with van der Waals surface area (Å²) in [6.45, 7) is 1.92. The minimum atomic E-state index is 0.714.